The molecule has 5 nitrogen and oxygen atoms in total. The first-order valence-corrected chi connectivity index (χ1v) is 8.55. The van der Waals surface area contributed by atoms with Crippen molar-refractivity contribution in [1.29, 1.82) is 0 Å². The molecule has 0 aliphatic carbocycles. The number of aromatic nitrogens is 2. The van der Waals surface area contributed by atoms with Crippen molar-refractivity contribution in [1.82, 2.24) is 9.97 Å². The van der Waals surface area contributed by atoms with E-state index in [1.165, 1.54) is 6.20 Å². The van der Waals surface area contributed by atoms with Crippen molar-refractivity contribution in [2.45, 2.75) is 19.4 Å². The fourth-order valence-corrected chi connectivity index (χ4v) is 2.64. The summed E-state index contributed by atoms with van der Waals surface area (Å²) in [5.41, 5.74) is 2.43. The third-order valence-electron chi connectivity index (χ3n) is 3.76. The van der Waals surface area contributed by atoms with E-state index in [4.69, 9.17) is 16.3 Å². The van der Waals surface area contributed by atoms with E-state index in [0.717, 1.165) is 11.1 Å². The maximum Gasteiger partial charge on any atom is 0.233 e. The highest BCUT2D eigenvalue weighted by Gasteiger charge is 2.12. The second-order valence-electron chi connectivity index (χ2n) is 5.76. The molecule has 6 heteroatoms. The lowest BCUT2D eigenvalue weighted by atomic mass is 10.1. The normalized spacial score (nSPS) is 11.6. The minimum Gasteiger partial charge on any atom is -0.469 e. The van der Waals surface area contributed by atoms with Gasteiger partial charge in [0.05, 0.1) is 18.3 Å². The van der Waals surface area contributed by atoms with Gasteiger partial charge in [-0.05, 0) is 36.2 Å². The van der Waals surface area contributed by atoms with Crippen LogP contribution in [-0.2, 0) is 11.2 Å². The first-order chi connectivity index (χ1) is 12.6. The van der Waals surface area contributed by atoms with Crippen molar-refractivity contribution in [2.24, 2.45) is 0 Å². The number of pyridine rings is 2. The first kappa shape index (κ1) is 17.9. The molecule has 0 fully saturated rings. The van der Waals surface area contributed by atoms with Crippen LogP contribution in [-0.4, -0.2) is 15.9 Å². The fraction of sp³-hybridized carbons (Fsp3) is 0.150. The van der Waals surface area contributed by atoms with Gasteiger partial charge in [0.2, 0.25) is 11.8 Å². The molecule has 3 aromatic rings. The molecule has 0 unspecified atom stereocenters. The molecule has 26 heavy (non-hydrogen) atoms. The third kappa shape index (κ3) is 4.80. The Morgan fingerprint density at radius 3 is 2.62 bits per heavy atom. The third-order valence-corrected chi connectivity index (χ3v) is 4.03. The highest BCUT2D eigenvalue weighted by Crippen LogP contribution is 2.29. The smallest absolute Gasteiger partial charge is 0.233 e. The van der Waals surface area contributed by atoms with E-state index < -0.39 is 0 Å². The van der Waals surface area contributed by atoms with Crippen LogP contribution < -0.4 is 10.1 Å². The van der Waals surface area contributed by atoms with Crippen molar-refractivity contribution in [2.75, 3.05) is 5.32 Å². The molecule has 0 aliphatic rings. The zero-order valence-corrected chi connectivity index (χ0v) is 15.0. The second-order valence-corrected chi connectivity index (χ2v) is 6.17. The van der Waals surface area contributed by atoms with Crippen LogP contribution in [0.25, 0.3) is 0 Å². The summed E-state index contributed by atoms with van der Waals surface area (Å²) in [7, 11) is 0. The Hall–Kier alpha value is -2.92. The number of nitrogens with one attached hydrogen (secondary N) is 1. The Morgan fingerprint density at radius 2 is 1.92 bits per heavy atom. The highest BCUT2D eigenvalue weighted by atomic mass is 35.5. The Balaban J connectivity index is 1.63. The first-order valence-electron chi connectivity index (χ1n) is 8.17. The van der Waals surface area contributed by atoms with E-state index in [9.17, 15) is 4.79 Å². The topological polar surface area (TPSA) is 64.1 Å². The number of nitrogens with zero attached hydrogens (tertiary/aromatic N) is 2. The van der Waals surface area contributed by atoms with Gasteiger partial charge in [-0.2, -0.15) is 0 Å². The molecular formula is C20H18ClN3O2. The lowest BCUT2D eigenvalue weighted by Crippen LogP contribution is -2.14. The lowest BCUT2D eigenvalue weighted by Gasteiger charge is -2.15. The summed E-state index contributed by atoms with van der Waals surface area (Å²) in [6.45, 7) is 1.93. The maximum atomic E-state index is 12.1. The van der Waals surface area contributed by atoms with Gasteiger partial charge in [-0.25, -0.2) is 4.98 Å². The molecule has 0 aliphatic heterocycles. The predicted octanol–water partition coefficient (Wildman–Crippen LogP) is 4.45. The van der Waals surface area contributed by atoms with Crippen molar-refractivity contribution in [3.05, 3.63) is 83.3 Å². The Labute approximate surface area is 157 Å². The largest absolute Gasteiger partial charge is 0.469 e. The summed E-state index contributed by atoms with van der Waals surface area (Å²) in [6.07, 6.45) is 4.91. The summed E-state index contributed by atoms with van der Waals surface area (Å²) in [4.78, 5) is 20.3. The molecule has 1 aromatic carbocycles. The van der Waals surface area contributed by atoms with Gasteiger partial charge in [0.15, 0.2) is 0 Å². The standard InChI is InChI=1S/C20H18ClN3O2/c1-14(16-5-3-2-4-6-16)26-20-18(21)12-17(13-23-20)24-19(25)11-15-7-9-22-10-8-15/h2-10,12-14H,11H2,1H3,(H,24,25)/t14-/m0/s1. The zero-order chi connectivity index (χ0) is 18.4. The van der Waals surface area contributed by atoms with E-state index in [2.05, 4.69) is 15.3 Å². The molecule has 3 rings (SSSR count). The second kappa shape index (κ2) is 8.45. The monoisotopic (exact) mass is 367 g/mol. The number of benzene rings is 1. The van der Waals surface area contributed by atoms with Gasteiger partial charge >= 0.3 is 0 Å². The molecule has 1 N–H and O–H groups in total. The highest BCUT2D eigenvalue weighted by molar-refractivity contribution is 6.32. The molecular weight excluding hydrogens is 350 g/mol. The minimum absolute atomic E-state index is 0.152. The average molecular weight is 368 g/mol. The van der Waals surface area contributed by atoms with Crippen LogP contribution in [0.2, 0.25) is 5.02 Å². The molecule has 0 bridgehead atoms. The van der Waals surface area contributed by atoms with Gasteiger partial charge in [0, 0.05) is 12.4 Å². The zero-order valence-electron chi connectivity index (χ0n) is 14.2. The molecule has 0 radical (unpaired) electrons. The van der Waals surface area contributed by atoms with Crippen LogP contribution in [0.3, 0.4) is 0 Å². The van der Waals surface area contributed by atoms with E-state index in [-0.39, 0.29) is 18.4 Å². The number of anilines is 1. The number of ether oxygens (including phenoxy) is 1. The van der Waals surface area contributed by atoms with Crippen LogP contribution in [0.15, 0.2) is 67.1 Å². The van der Waals surface area contributed by atoms with Crippen LogP contribution in [0.4, 0.5) is 5.69 Å². The Kier molecular flexibility index (Phi) is 5.81. The van der Waals surface area contributed by atoms with E-state index >= 15 is 0 Å². The maximum absolute atomic E-state index is 12.1. The minimum atomic E-state index is -0.187. The molecule has 0 saturated heterocycles. The number of hydrogen-bond donors (Lipinski definition) is 1. The van der Waals surface area contributed by atoms with Crippen molar-refractivity contribution >= 4 is 23.2 Å². The molecule has 2 aromatic heterocycles. The van der Waals surface area contributed by atoms with Gasteiger partial charge in [-0.3, -0.25) is 9.78 Å². The van der Waals surface area contributed by atoms with Gasteiger partial charge in [0.25, 0.3) is 0 Å². The quantitative estimate of drug-likeness (QED) is 0.699. The summed E-state index contributed by atoms with van der Waals surface area (Å²) in [5, 5.41) is 3.12. The van der Waals surface area contributed by atoms with Crippen molar-refractivity contribution in [3.63, 3.8) is 0 Å². The lowest BCUT2D eigenvalue weighted by molar-refractivity contribution is -0.115. The molecule has 2 heterocycles. The summed E-state index contributed by atoms with van der Waals surface area (Å²) in [6, 6.07) is 15.0. The SMILES string of the molecule is C[C@H](Oc1ncc(NC(=O)Cc2ccncc2)cc1Cl)c1ccccc1. The van der Waals surface area contributed by atoms with Gasteiger partial charge < -0.3 is 10.1 Å². The predicted molar refractivity (Wildman–Crippen MR) is 101 cm³/mol. The van der Waals surface area contributed by atoms with E-state index in [0.29, 0.717) is 16.6 Å². The van der Waals surface area contributed by atoms with Crippen LogP contribution >= 0.6 is 11.6 Å². The molecule has 0 spiro atoms. The molecule has 0 saturated carbocycles. The number of halogens is 1. The average Bonchev–Trinajstić information content (AvgIpc) is 2.65. The molecule has 132 valence electrons. The van der Waals surface area contributed by atoms with Crippen LogP contribution in [0.5, 0.6) is 5.88 Å². The molecule has 1 amide bonds. The molecule has 1 atom stereocenters. The number of amides is 1. The van der Waals surface area contributed by atoms with E-state index in [1.54, 1.807) is 30.6 Å². The Bertz CT molecular complexity index is 873. The van der Waals surface area contributed by atoms with Gasteiger partial charge in [0.1, 0.15) is 11.1 Å². The summed E-state index contributed by atoms with van der Waals surface area (Å²) < 4.78 is 5.82. The summed E-state index contributed by atoms with van der Waals surface area (Å²) >= 11 is 6.26. The van der Waals surface area contributed by atoms with Crippen molar-refractivity contribution < 1.29 is 9.53 Å². The van der Waals surface area contributed by atoms with Gasteiger partial charge in [-0.15, -0.1) is 0 Å². The number of carbonyl (C=O) groups excluding carboxylic acids is 1. The number of rotatable bonds is 6. The number of carbonyl (C=O) groups is 1. The van der Waals surface area contributed by atoms with Gasteiger partial charge in [-0.1, -0.05) is 41.9 Å². The summed E-state index contributed by atoms with van der Waals surface area (Å²) in [5.74, 6) is 0.176. The van der Waals surface area contributed by atoms with E-state index in [1.807, 2.05) is 37.3 Å². The van der Waals surface area contributed by atoms with Crippen LogP contribution in [0.1, 0.15) is 24.2 Å². The number of hydrogen-bond acceptors (Lipinski definition) is 4. The Morgan fingerprint density at radius 1 is 1.19 bits per heavy atom. The van der Waals surface area contributed by atoms with Crippen molar-refractivity contribution in [3.8, 4) is 5.88 Å². The fourth-order valence-electron chi connectivity index (χ4n) is 2.43. The van der Waals surface area contributed by atoms with Crippen LogP contribution in [0, 0.1) is 0 Å².